The van der Waals surface area contributed by atoms with Crippen LogP contribution >= 0.6 is 11.3 Å². The molecule has 0 bridgehead atoms. The van der Waals surface area contributed by atoms with Crippen LogP contribution in [0.25, 0.3) is 20.8 Å². The lowest BCUT2D eigenvalue weighted by atomic mass is 10.1. The molecule has 4 N–H and O–H groups in total. The minimum absolute atomic E-state index is 0.0800. The topological polar surface area (TPSA) is 117 Å². The Balaban J connectivity index is 1.41. The van der Waals surface area contributed by atoms with Crippen molar-refractivity contribution in [3.63, 3.8) is 0 Å². The number of rotatable bonds is 8. The monoisotopic (exact) mass is 522 g/mol. The first kappa shape index (κ1) is 25.6. The van der Waals surface area contributed by atoms with E-state index in [1.54, 1.807) is 11.3 Å². The second-order valence-corrected chi connectivity index (χ2v) is 12.4. The summed E-state index contributed by atoms with van der Waals surface area (Å²) in [4.78, 5) is 31.4. The molecule has 2 amide bonds. The quantitative estimate of drug-likeness (QED) is 0.311. The van der Waals surface area contributed by atoms with Crippen LogP contribution < -0.4 is 21.3 Å². The number of pyridine rings is 1. The number of hydrogen-bond donors (Lipinski definition) is 4. The Bertz CT molecular complexity index is 1280. The van der Waals surface area contributed by atoms with Gasteiger partial charge in [-0.25, -0.2) is 14.8 Å². The molecule has 3 aromatic heterocycles. The van der Waals surface area contributed by atoms with Gasteiger partial charge in [-0.15, -0.1) is 11.3 Å². The molecule has 2 atom stereocenters. The largest absolute Gasteiger partial charge is 0.369 e. The van der Waals surface area contributed by atoms with Gasteiger partial charge in [0.15, 0.2) is 0 Å². The molecule has 37 heavy (non-hydrogen) atoms. The average Bonchev–Trinajstić information content (AvgIpc) is 3.41. The first-order valence-corrected chi connectivity index (χ1v) is 14.2. The van der Waals surface area contributed by atoms with E-state index in [0.29, 0.717) is 24.3 Å². The van der Waals surface area contributed by atoms with E-state index in [9.17, 15) is 4.79 Å². The lowest BCUT2D eigenvalue weighted by molar-refractivity contribution is 0.237. The molecule has 5 rings (SSSR count). The van der Waals surface area contributed by atoms with Crippen molar-refractivity contribution in [2.45, 2.75) is 84.2 Å². The number of anilines is 2. The number of nitrogens with zero attached hydrogens (tertiary/aromatic N) is 4. The molecular weight excluding hydrogens is 484 g/mol. The summed E-state index contributed by atoms with van der Waals surface area (Å²) < 4.78 is 1.16. The SMILES string of the molecule is CCNC(=O)N[C@@H]1CC[C@H](CNc2nc(NC(C)(C)C)nc(C)c2-c2nc3c(C4CC4)nccc3s2)C1. The first-order valence-electron chi connectivity index (χ1n) is 13.4. The second-order valence-electron chi connectivity index (χ2n) is 11.3. The summed E-state index contributed by atoms with van der Waals surface area (Å²) in [6.07, 6.45) is 7.30. The fourth-order valence-electron chi connectivity index (χ4n) is 5.01. The maximum Gasteiger partial charge on any atom is 0.314 e. The van der Waals surface area contributed by atoms with Crippen LogP contribution in [0.5, 0.6) is 0 Å². The molecule has 198 valence electrons. The van der Waals surface area contributed by atoms with E-state index >= 15 is 0 Å². The number of fused-ring (bicyclic) bond motifs is 1. The van der Waals surface area contributed by atoms with Crippen molar-refractivity contribution in [2.24, 2.45) is 5.92 Å². The maximum atomic E-state index is 11.9. The minimum Gasteiger partial charge on any atom is -0.369 e. The van der Waals surface area contributed by atoms with Crippen molar-refractivity contribution in [3.05, 3.63) is 23.7 Å². The lowest BCUT2D eigenvalue weighted by Crippen LogP contribution is -2.41. The van der Waals surface area contributed by atoms with Gasteiger partial charge in [-0.1, -0.05) is 0 Å². The predicted octanol–water partition coefficient (Wildman–Crippen LogP) is 5.44. The molecule has 2 aliphatic carbocycles. The number of amides is 2. The van der Waals surface area contributed by atoms with Gasteiger partial charge in [0.1, 0.15) is 16.3 Å². The Morgan fingerprint density at radius 2 is 1.95 bits per heavy atom. The summed E-state index contributed by atoms with van der Waals surface area (Å²) >= 11 is 1.68. The summed E-state index contributed by atoms with van der Waals surface area (Å²) in [7, 11) is 0. The van der Waals surface area contributed by atoms with Gasteiger partial charge in [0.25, 0.3) is 0 Å². The number of aromatic nitrogens is 4. The molecule has 2 saturated carbocycles. The molecule has 10 heteroatoms. The third kappa shape index (κ3) is 6.11. The minimum atomic E-state index is -0.157. The number of hydrogen-bond acceptors (Lipinski definition) is 8. The van der Waals surface area contributed by atoms with Gasteiger partial charge in [-0.3, -0.25) is 4.98 Å². The zero-order valence-corrected chi connectivity index (χ0v) is 23.3. The standard InChI is InChI=1S/C27H38N8OS/c1-6-28-26(36)32-18-10-7-16(13-18)14-30-23-20(15(2)31-25(34-23)35-27(3,4)5)24-33-22-19(37-24)11-12-29-21(22)17-8-9-17/h11-12,16-18H,6-10,13-14H2,1-5H3,(H2,28,32,36)(H2,30,31,34,35)/t16-,18+/m0/s1. The Labute approximate surface area is 222 Å². The van der Waals surface area contributed by atoms with Crippen LogP contribution in [0.15, 0.2) is 12.3 Å². The van der Waals surface area contributed by atoms with Gasteiger partial charge in [0.2, 0.25) is 5.95 Å². The molecule has 3 heterocycles. The zero-order valence-electron chi connectivity index (χ0n) is 22.4. The molecule has 0 unspecified atom stereocenters. The molecule has 2 fully saturated rings. The van der Waals surface area contributed by atoms with Crippen LogP contribution in [-0.4, -0.2) is 50.6 Å². The van der Waals surface area contributed by atoms with Crippen LogP contribution in [-0.2, 0) is 0 Å². The highest BCUT2D eigenvalue weighted by Gasteiger charge is 2.30. The Hall–Kier alpha value is -3.01. The van der Waals surface area contributed by atoms with Crippen LogP contribution in [0.4, 0.5) is 16.6 Å². The number of nitrogens with one attached hydrogen (secondary N) is 4. The van der Waals surface area contributed by atoms with E-state index < -0.39 is 0 Å². The summed E-state index contributed by atoms with van der Waals surface area (Å²) in [6, 6.07) is 2.19. The van der Waals surface area contributed by atoms with Gasteiger partial charge in [-0.05, 0) is 78.7 Å². The smallest absolute Gasteiger partial charge is 0.314 e. The number of carbonyl (C=O) groups excluding carboxylic acids is 1. The van der Waals surface area contributed by atoms with Gasteiger partial charge < -0.3 is 21.3 Å². The lowest BCUT2D eigenvalue weighted by Gasteiger charge is -2.22. The fourth-order valence-corrected chi connectivity index (χ4v) is 6.08. The summed E-state index contributed by atoms with van der Waals surface area (Å²) in [5.41, 5.74) is 3.83. The molecule has 0 saturated heterocycles. The second kappa shape index (κ2) is 10.4. The van der Waals surface area contributed by atoms with Crippen molar-refractivity contribution in [1.29, 1.82) is 0 Å². The average molecular weight is 523 g/mol. The number of carbonyl (C=O) groups is 1. The highest BCUT2D eigenvalue weighted by molar-refractivity contribution is 7.21. The summed E-state index contributed by atoms with van der Waals surface area (Å²) in [5, 5.41) is 13.9. The van der Waals surface area contributed by atoms with Crippen molar-refractivity contribution < 1.29 is 4.79 Å². The fraction of sp³-hybridized carbons (Fsp3) is 0.593. The van der Waals surface area contributed by atoms with E-state index in [4.69, 9.17) is 15.0 Å². The molecule has 0 aromatic carbocycles. The zero-order chi connectivity index (χ0) is 26.2. The highest BCUT2D eigenvalue weighted by atomic mass is 32.1. The number of thiazole rings is 1. The molecule has 3 aromatic rings. The van der Waals surface area contributed by atoms with Crippen LogP contribution in [0.2, 0.25) is 0 Å². The maximum absolute atomic E-state index is 11.9. The van der Waals surface area contributed by atoms with Crippen molar-refractivity contribution in [2.75, 3.05) is 23.7 Å². The Morgan fingerprint density at radius 1 is 1.14 bits per heavy atom. The van der Waals surface area contributed by atoms with E-state index in [1.165, 1.54) is 12.8 Å². The van der Waals surface area contributed by atoms with E-state index in [1.807, 2.05) is 20.0 Å². The summed E-state index contributed by atoms with van der Waals surface area (Å²) in [6.45, 7) is 11.7. The molecule has 0 spiro atoms. The first-order chi connectivity index (χ1) is 17.7. The predicted molar refractivity (Wildman–Crippen MR) is 150 cm³/mol. The Kier molecular flexibility index (Phi) is 7.20. The van der Waals surface area contributed by atoms with Gasteiger partial charge in [0.05, 0.1) is 21.7 Å². The molecule has 0 aliphatic heterocycles. The third-order valence-electron chi connectivity index (χ3n) is 6.86. The normalized spacial score (nSPS) is 19.7. The molecular formula is C27H38N8OS. The van der Waals surface area contributed by atoms with Crippen LogP contribution in [0.3, 0.4) is 0 Å². The molecule has 9 nitrogen and oxygen atoms in total. The van der Waals surface area contributed by atoms with E-state index in [-0.39, 0.29) is 17.6 Å². The van der Waals surface area contributed by atoms with Crippen LogP contribution in [0, 0.1) is 12.8 Å². The third-order valence-corrected chi connectivity index (χ3v) is 7.90. The number of urea groups is 1. The van der Waals surface area contributed by atoms with Crippen molar-refractivity contribution >= 4 is 39.4 Å². The Morgan fingerprint density at radius 3 is 2.68 bits per heavy atom. The van der Waals surface area contributed by atoms with Gasteiger partial charge in [0, 0.05) is 36.8 Å². The van der Waals surface area contributed by atoms with Crippen LogP contribution in [0.1, 0.15) is 77.1 Å². The van der Waals surface area contributed by atoms with E-state index in [2.05, 4.69) is 53.1 Å². The van der Waals surface area contributed by atoms with Gasteiger partial charge >= 0.3 is 6.03 Å². The molecule has 0 radical (unpaired) electrons. The molecule has 2 aliphatic rings. The van der Waals surface area contributed by atoms with Crippen molar-refractivity contribution in [1.82, 2.24) is 30.6 Å². The van der Waals surface area contributed by atoms with Gasteiger partial charge in [-0.2, -0.15) is 4.98 Å². The number of aryl methyl sites for hydroxylation is 1. The van der Waals surface area contributed by atoms with E-state index in [0.717, 1.165) is 63.8 Å². The highest BCUT2D eigenvalue weighted by Crippen LogP contribution is 2.44. The summed E-state index contributed by atoms with van der Waals surface area (Å²) in [5.74, 6) is 2.41. The van der Waals surface area contributed by atoms with Crippen molar-refractivity contribution in [3.8, 4) is 10.6 Å².